The van der Waals surface area contributed by atoms with Gasteiger partial charge >= 0.3 is 5.97 Å². The molecule has 4 rings (SSSR count). The zero-order valence-corrected chi connectivity index (χ0v) is 16.9. The third-order valence-electron chi connectivity index (χ3n) is 4.73. The Morgan fingerprint density at radius 1 is 1.06 bits per heavy atom. The van der Waals surface area contributed by atoms with E-state index in [1.807, 2.05) is 60.7 Å². The molecule has 0 atom stereocenters. The number of aromatic nitrogens is 4. The average Bonchev–Trinajstić information content (AvgIpc) is 3.40. The van der Waals surface area contributed by atoms with E-state index in [0.29, 0.717) is 22.9 Å². The number of H-pyrrole nitrogens is 1. The van der Waals surface area contributed by atoms with Crippen molar-refractivity contribution in [2.75, 3.05) is 6.54 Å². The van der Waals surface area contributed by atoms with Gasteiger partial charge in [-0.1, -0.05) is 48.5 Å². The summed E-state index contributed by atoms with van der Waals surface area (Å²) in [6.45, 7) is 1.44. The molecule has 8 nitrogen and oxygen atoms in total. The van der Waals surface area contributed by atoms with Crippen molar-refractivity contribution in [1.29, 1.82) is 0 Å². The van der Waals surface area contributed by atoms with Crippen LogP contribution in [-0.4, -0.2) is 48.2 Å². The minimum atomic E-state index is -1.10. The van der Waals surface area contributed by atoms with Gasteiger partial charge in [0.05, 0.1) is 29.8 Å². The SMILES string of the molecule is Cc1ncc(CN(CC(=O)O)C(=O)c2cc(-c3ccccc3)nn2-c2ccccc2)[nH]1. The Morgan fingerprint density at radius 2 is 1.74 bits per heavy atom. The van der Waals surface area contributed by atoms with E-state index >= 15 is 0 Å². The number of rotatable bonds is 7. The largest absolute Gasteiger partial charge is 0.480 e. The smallest absolute Gasteiger partial charge is 0.323 e. The summed E-state index contributed by atoms with van der Waals surface area (Å²) < 4.78 is 1.55. The van der Waals surface area contributed by atoms with Crippen LogP contribution >= 0.6 is 0 Å². The van der Waals surface area contributed by atoms with E-state index in [-0.39, 0.29) is 12.2 Å². The molecule has 8 heteroatoms. The Morgan fingerprint density at radius 3 is 2.35 bits per heavy atom. The number of hydrogen-bond donors (Lipinski definition) is 2. The predicted molar refractivity (Wildman–Crippen MR) is 115 cm³/mol. The van der Waals surface area contributed by atoms with Crippen LogP contribution in [0.4, 0.5) is 0 Å². The summed E-state index contributed by atoms with van der Waals surface area (Å²) >= 11 is 0. The molecule has 2 heterocycles. The van der Waals surface area contributed by atoms with Crippen molar-refractivity contribution in [2.24, 2.45) is 0 Å². The van der Waals surface area contributed by atoms with E-state index in [2.05, 4.69) is 15.1 Å². The van der Waals surface area contributed by atoms with Crippen molar-refractivity contribution in [3.63, 3.8) is 0 Å². The lowest BCUT2D eigenvalue weighted by atomic mass is 10.1. The van der Waals surface area contributed by atoms with Crippen LogP contribution < -0.4 is 0 Å². The Bertz CT molecular complexity index is 1200. The molecule has 0 aliphatic carbocycles. The second-order valence-corrected chi connectivity index (χ2v) is 7.08. The van der Waals surface area contributed by atoms with Crippen molar-refractivity contribution in [3.05, 3.63) is 90.1 Å². The number of aromatic amines is 1. The van der Waals surface area contributed by atoms with E-state index in [0.717, 1.165) is 5.56 Å². The summed E-state index contributed by atoms with van der Waals surface area (Å²) in [6, 6.07) is 20.5. The van der Waals surface area contributed by atoms with Crippen LogP contribution in [0, 0.1) is 6.92 Å². The summed E-state index contributed by atoms with van der Waals surface area (Å²) in [6.07, 6.45) is 1.60. The van der Waals surface area contributed by atoms with Crippen molar-refractivity contribution in [3.8, 4) is 16.9 Å². The van der Waals surface area contributed by atoms with E-state index in [9.17, 15) is 14.7 Å². The fourth-order valence-corrected chi connectivity index (χ4v) is 3.33. The highest BCUT2D eigenvalue weighted by Crippen LogP contribution is 2.23. The zero-order chi connectivity index (χ0) is 21.8. The van der Waals surface area contributed by atoms with Gasteiger partial charge in [0.2, 0.25) is 0 Å². The summed E-state index contributed by atoms with van der Waals surface area (Å²) in [4.78, 5) is 33.4. The molecule has 156 valence electrons. The molecule has 2 aromatic carbocycles. The van der Waals surface area contributed by atoms with Crippen LogP contribution in [0.5, 0.6) is 0 Å². The molecule has 0 radical (unpaired) electrons. The van der Waals surface area contributed by atoms with Crippen LogP contribution in [-0.2, 0) is 11.3 Å². The van der Waals surface area contributed by atoms with Gasteiger partial charge < -0.3 is 15.0 Å². The summed E-state index contributed by atoms with van der Waals surface area (Å²) in [7, 11) is 0. The van der Waals surface area contributed by atoms with E-state index in [1.54, 1.807) is 23.9 Å². The Hall–Kier alpha value is -4.20. The first-order chi connectivity index (χ1) is 15.0. The van der Waals surface area contributed by atoms with Crippen LogP contribution in [0.2, 0.25) is 0 Å². The molecule has 1 amide bonds. The molecule has 2 aromatic heterocycles. The van der Waals surface area contributed by atoms with Gasteiger partial charge in [0.15, 0.2) is 0 Å². The first-order valence-corrected chi connectivity index (χ1v) is 9.74. The molecule has 31 heavy (non-hydrogen) atoms. The molecule has 0 bridgehead atoms. The van der Waals surface area contributed by atoms with Crippen molar-refractivity contribution in [2.45, 2.75) is 13.5 Å². The number of aryl methyl sites for hydroxylation is 1. The second-order valence-electron chi connectivity index (χ2n) is 7.08. The van der Waals surface area contributed by atoms with Crippen LogP contribution in [0.15, 0.2) is 72.9 Å². The quantitative estimate of drug-likeness (QED) is 0.482. The van der Waals surface area contributed by atoms with E-state index in [1.165, 1.54) is 4.90 Å². The average molecular weight is 415 g/mol. The van der Waals surface area contributed by atoms with Gasteiger partial charge in [-0.3, -0.25) is 9.59 Å². The molecule has 0 spiro atoms. The Balaban J connectivity index is 1.76. The maximum Gasteiger partial charge on any atom is 0.323 e. The maximum atomic E-state index is 13.5. The van der Waals surface area contributed by atoms with Gasteiger partial charge in [-0.15, -0.1) is 0 Å². The minimum absolute atomic E-state index is 0.0899. The summed E-state index contributed by atoms with van der Waals surface area (Å²) in [5.74, 6) is -0.842. The highest BCUT2D eigenvalue weighted by molar-refractivity contribution is 5.96. The van der Waals surface area contributed by atoms with Crippen LogP contribution in [0.1, 0.15) is 22.0 Å². The third kappa shape index (κ3) is 4.53. The first kappa shape index (κ1) is 20.1. The van der Waals surface area contributed by atoms with Gasteiger partial charge in [0, 0.05) is 5.56 Å². The standard InChI is InChI=1S/C23H21N5O3/c1-16-24-13-18(25-16)14-27(15-22(29)30)23(31)21-12-20(17-8-4-2-5-9-17)26-28(21)19-10-6-3-7-11-19/h2-13H,14-15H2,1H3,(H,24,25)(H,29,30). The molecule has 0 aliphatic rings. The van der Waals surface area contributed by atoms with Crippen molar-refractivity contribution >= 4 is 11.9 Å². The summed E-state index contributed by atoms with van der Waals surface area (Å²) in [5.41, 5.74) is 3.13. The van der Waals surface area contributed by atoms with E-state index < -0.39 is 18.4 Å². The molecule has 2 N–H and O–H groups in total. The first-order valence-electron chi connectivity index (χ1n) is 9.74. The number of carbonyl (C=O) groups excluding carboxylic acids is 1. The summed E-state index contributed by atoms with van der Waals surface area (Å²) in [5, 5.41) is 14.0. The predicted octanol–water partition coefficient (Wildman–Crippen LogP) is 3.30. The molecule has 4 aromatic rings. The fourth-order valence-electron chi connectivity index (χ4n) is 3.33. The van der Waals surface area contributed by atoms with Gasteiger partial charge in [-0.2, -0.15) is 5.10 Å². The highest BCUT2D eigenvalue weighted by Gasteiger charge is 2.25. The van der Waals surface area contributed by atoms with Crippen LogP contribution in [0.3, 0.4) is 0 Å². The number of para-hydroxylation sites is 1. The van der Waals surface area contributed by atoms with Gasteiger partial charge in [0.25, 0.3) is 5.91 Å². The number of carboxylic acids is 1. The number of carbonyl (C=O) groups is 2. The van der Waals surface area contributed by atoms with Crippen LogP contribution in [0.25, 0.3) is 16.9 Å². The third-order valence-corrected chi connectivity index (χ3v) is 4.73. The number of benzene rings is 2. The van der Waals surface area contributed by atoms with Gasteiger partial charge in [-0.05, 0) is 25.1 Å². The van der Waals surface area contributed by atoms with Gasteiger partial charge in [-0.25, -0.2) is 9.67 Å². The van der Waals surface area contributed by atoms with E-state index in [4.69, 9.17) is 0 Å². The lowest BCUT2D eigenvalue weighted by Crippen LogP contribution is -2.36. The number of nitrogens with one attached hydrogen (secondary N) is 1. The topological polar surface area (TPSA) is 104 Å². The molecule has 0 saturated carbocycles. The Labute approximate surface area is 178 Å². The Kier molecular flexibility index (Phi) is 5.61. The molecular weight excluding hydrogens is 394 g/mol. The number of carboxylic acid groups (broad SMARTS) is 1. The molecule has 0 aliphatic heterocycles. The number of hydrogen-bond acceptors (Lipinski definition) is 4. The lowest BCUT2D eigenvalue weighted by molar-refractivity contribution is -0.137. The monoisotopic (exact) mass is 415 g/mol. The van der Waals surface area contributed by atoms with Crippen molar-refractivity contribution in [1.82, 2.24) is 24.6 Å². The minimum Gasteiger partial charge on any atom is -0.480 e. The number of amides is 1. The molecule has 0 unspecified atom stereocenters. The number of nitrogens with zero attached hydrogens (tertiary/aromatic N) is 4. The molecule has 0 fully saturated rings. The second kappa shape index (κ2) is 8.66. The highest BCUT2D eigenvalue weighted by atomic mass is 16.4. The number of aliphatic carboxylic acids is 1. The number of imidazole rings is 1. The van der Waals surface area contributed by atoms with Gasteiger partial charge in [0.1, 0.15) is 18.1 Å². The molecular formula is C23H21N5O3. The normalized spacial score (nSPS) is 10.7. The molecule has 0 saturated heterocycles. The van der Waals surface area contributed by atoms with Crippen molar-refractivity contribution < 1.29 is 14.7 Å². The fraction of sp³-hybridized carbons (Fsp3) is 0.130. The lowest BCUT2D eigenvalue weighted by Gasteiger charge is -2.20. The maximum absolute atomic E-state index is 13.5. The zero-order valence-electron chi connectivity index (χ0n) is 16.9.